The van der Waals surface area contributed by atoms with Crippen LogP contribution in [0.3, 0.4) is 0 Å². The number of carbonyl (C=O) groups is 2. The van der Waals surface area contributed by atoms with Crippen molar-refractivity contribution in [2.75, 3.05) is 13.6 Å². The maximum atomic E-state index is 12.0. The molecule has 0 aliphatic heterocycles. The third-order valence-corrected chi connectivity index (χ3v) is 4.35. The zero-order chi connectivity index (χ0) is 13.8. The van der Waals surface area contributed by atoms with Gasteiger partial charge in [0.2, 0.25) is 0 Å². The van der Waals surface area contributed by atoms with Gasteiger partial charge < -0.3 is 15.3 Å². The third kappa shape index (κ3) is 3.47. The second kappa shape index (κ2) is 6.06. The zero-order valence-corrected chi connectivity index (χ0v) is 11.7. The first-order chi connectivity index (χ1) is 9.08. The minimum Gasteiger partial charge on any atom is -0.481 e. The lowest BCUT2D eigenvalue weighted by atomic mass is 9.94. The van der Waals surface area contributed by atoms with Gasteiger partial charge >= 0.3 is 12.0 Å². The van der Waals surface area contributed by atoms with Gasteiger partial charge in [-0.15, -0.1) is 11.3 Å². The van der Waals surface area contributed by atoms with Gasteiger partial charge in [0, 0.05) is 18.5 Å². The number of rotatable bonds is 4. The van der Waals surface area contributed by atoms with Crippen LogP contribution in [0.5, 0.6) is 0 Å². The van der Waals surface area contributed by atoms with Crippen LogP contribution >= 0.6 is 11.3 Å². The van der Waals surface area contributed by atoms with Gasteiger partial charge in [0.05, 0.1) is 12.5 Å². The first kappa shape index (κ1) is 13.9. The van der Waals surface area contributed by atoms with E-state index in [-0.39, 0.29) is 25.0 Å². The first-order valence-corrected chi connectivity index (χ1v) is 7.25. The Morgan fingerprint density at radius 1 is 1.58 bits per heavy atom. The van der Waals surface area contributed by atoms with Crippen LogP contribution in [0.4, 0.5) is 4.79 Å². The Bertz CT molecular complexity index is 472. The number of thiophene rings is 1. The monoisotopic (exact) mass is 282 g/mol. The Morgan fingerprint density at radius 3 is 3.11 bits per heavy atom. The number of fused-ring (bicyclic) bond motifs is 1. The molecule has 0 fully saturated rings. The average molecular weight is 282 g/mol. The fourth-order valence-corrected chi connectivity index (χ4v) is 3.25. The Labute approximate surface area is 116 Å². The summed E-state index contributed by atoms with van der Waals surface area (Å²) in [5.41, 5.74) is 1.22. The number of nitrogens with one attached hydrogen (secondary N) is 1. The number of hydrogen-bond acceptors (Lipinski definition) is 3. The van der Waals surface area contributed by atoms with Crippen molar-refractivity contribution in [1.82, 2.24) is 10.2 Å². The molecule has 0 bridgehead atoms. The van der Waals surface area contributed by atoms with Gasteiger partial charge in [-0.25, -0.2) is 4.79 Å². The molecule has 1 heterocycles. The lowest BCUT2D eigenvalue weighted by molar-refractivity contribution is -0.137. The molecule has 2 amide bonds. The highest BCUT2D eigenvalue weighted by molar-refractivity contribution is 7.10. The second-order valence-corrected chi connectivity index (χ2v) is 5.76. The molecular weight excluding hydrogens is 264 g/mol. The van der Waals surface area contributed by atoms with E-state index in [0.29, 0.717) is 0 Å². The number of aliphatic carboxylic acids is 1. The summed E-state index contributed by atoms with van der Waals surface area (Å²) in [7, 11) is 1.62. The molecule has 6 heteroatoms. The van der Waals surface area contributed by atoms with Crippen LogP contribution in [-0.4, -0.2) is 35.6 Å². The topological polar surface area (TPSA) is 69.6 Å². The quantitative estimate of drug-likeness (QED) is 0.889. The molecule has 2 N–H and O–H groups in total. The fraction of sp³-hybridized carbons (Fsp3) is 0.538. The Kier molecular flexibility index (Phi) is 4.42. The Balaban J connectivity index is 1.91. The fourth-order valence-electron chi connectivity index (χ4n) is 2.26. The van der Waals surface area contributed by atoms with Crippen molar-refractivity contribution in [3.63, 3.8) is 0 Å². The highest BCUT2D eigenvalue weighted by atomic mass is 32.1. The molecule has 1 aliphatic rings. The van der Waals surface area contributed by atoms with E-state index in [1.807, 2.05) is 0 Å². The smallest absolute Gasteiger partial charge is 0.317 e. The van der Waals surface area contributed by atoms with Gasteiger partial charge in [0.15, 0.2) is 0 Å². The summed E-state index contributed by atoms with van der Waals surface area (Å²) in [6, 6.07) is 1.93. The third-order valence-electron chi connectivity index (χ3n) is 3.36. The van der Waals surface area contributed by atoms with Gasteiger partial charge in [-0.2, -0.15) is 0 Å². The molecule has 2 rings (SSSR count). The van der Waals surface area contributed by atoms with Crippen LogP contribution < -0.4 is 5.32 Å². The van der Waals surface area contributed by atoms with Crippen molar-refractivity contribution in [3.8, 4) is 0 Å². The van der Waals surface area contributed by atoms with Crippen molar-refractivity contribution < 1.29 is 14.7 Å². The zero-order valence-electron chi connectivity index (χ0n) is 10.9. The minimum absolute atomic E-state index is 0.0295. The van der Waals surface area contributed by atoms with Crippen molar-refractivity contribution in [2.45, 2.75) is 31.7 Å². The molecule has 0 radical (unpaired) electrons. The lowest BCUT2D eigenvalue weighted by Gasteiger charge is -2.26. The van der Waals surface area contributed by atoms with Crippen LogP contribution in [0.1, 0.15) is 35.7 Å². The van der Waals surface area contributed by atoms with E-state index in [0.717, 1.165) is 19.3 Å². The van der Waals surface area contributed by atoms with Crippen molar-refractivity contribution in [2.24, 2.45) is 0 Å². The normalized spacial score (nSPS) is 17.6. The summed E-state index contributed by atoms with van der Waals surface area (Å²) >= 11 is 1.74. The predicted octanol–water partition coefficient (Wildman–Crippen LogP) is 2.24. The second-order valence-electron chi connectivity index (χ2n) is 4.76. The van der Waals surface area contributed by atoms with Gasteiger partial charge in [-0.05, 0) is 36.3 Å². The van der Waals surface area contributed by atoms with Crippen LogP contribution in [-0.2, 0) is 11.2 Å². The highest BCUT2D eigenvalue weighted by Gasteiger charge is 2.23. The standard InChI is InChI=1S/C13H18N2O3S/c1-15(7-5-12(16)17)13(18)14-10-3-2-4-11-9(10)6-8-19-11/h6,8,10H,2-5,7H2,1H3,(H,14,18)(H,16,17). The summed E-state index contributed by atoms with van der Waals surface area (Å²) < 4.78 is 0. The number of carboxylic acid groups (broad SMARTS) is 1. The number of nitrogens with zero attached hydrogens (tertiary/aromatic N) is 1. The van der Waals surface area contributed by atoms with E-state index >= 15 is 0 Å². The van der Waals surface area contributed by atoms with E-state index in [9.17, 15) is 9.59 Å². The largest absolute Gasteiger partial charge is 0.481 e. The molecule has 1 atom stereocenters. The summed E-state index contributed by atoms with van der Waals surface area (Å²) in [5.74, 6) is -0.891. The van der Waals surface area contributed by atoms with Crippen LogP contribution in [0, 0.1) is 0 Å². The predicted molar refractivity (Wildman–Crippen MR) is 73.4 cm³/mol. The lowest BCUT2D eigenvalue weighted by Crippen LogP contribution is -2.40. The molecule has 1 unspecified atom stereocenters. The molecule has 19 heavy (non-hydrogen) atoms. The molecular formula is C13H18N2O3S. The molecule has 1 aromatic heterocycles. The maximum Gasteiger partial charge on any atom is 0.317 e. The Morgan fingerprint density at radius 2 is 2.37 bits per heavy atom. The summed E-state index contributed by atoms with van der Waals surface area (Å²) in [5, 5.41) is 13.7. The Hall–Kier alpha value is -1.56. The van der Waals surface area contributed by atoms with E-state index in [2.05, 4.69) is 16.8 Å². The van der Waals surface area contributed by atoms with E-state index in [4.69, 9.17) is 5.11 Å². The number of urea groups is 1. The SMILES string of the molecule is CN(CCC(=O)O)C(=O)NC1CCCc2sccc21. The molecule has 104 valence electrons. The van der Waals surface area contributed by atoms with Gasteiger partial charge in [-0.3, -0.25) is 4.79 Å². The van der Waals surface area contributed by atoms with Crippen LogP contribution in [0.15, 0.2) is 11.4 Å². The highest BCUT2D eigenvalue weighted by Crippen LogP contribution is 2.33. The van der Waals surface area contributed by atoms with E-state index in [1.165, 1.54) is 15.3 Å². The van der Waals surface area contributed by atoms with Crippen LogP contribution in [0.25, 0.3) is 0 Å². The minimum atomic E-state index is -0.891. The molecule has 5 nitrogen and oxygen atoms in total. The number of amides is 2. The van der Waals surface area contributed by atoms with Gasteiger partial charge in [0.25, 0.3) is 0 Å². The molecule has 1 aliphatic carbocycles. The molecule has 0 spiro atoms. The number of carbonyl (C=O) groups excluding carboxylic acids is 1. The number of carboxylic acids is 1. The molecule has 1 aromatic rings. The van der Waals surface area contributed by atoms with Crippen molar-refractivity contribution in [3.05, 3.63) is 21.9 Å². The van der Waals surface area contributed by atoms with Crippen molar-refractivity contribution in [1.29, 1.82) is 0 Å². The summed E-state index contributed by atoms with van der Waals surface area (Å²) in [6.07, 6.45) is 3.09. The van der Waals surface area contributed by atoms with E-state index < -0.39 is 5.97 Å². The van der Waals surface area contributed by atoms with Gasteiger partial charge in [-0.1, -0.05) is 0 Å². The first-order valence-electron chi connectivity index (χ1n) is 6.37. The number of hydrogen-bond donors (Lipinski definition) is 2. The van der Waals surface area contributed by atoms with Crippen molar-refractivity contribution >= 4 is 23.3 Å². The number of aryl methyl sites for hydroxylation is 1. The van der Waals surface area contributed by atoms with Gasteiger partial charge in [0.1, 0.15) is 0 Å². The summed E-state index contributed by atoms with van der Waals surface area (Å²) in [6.45, 7) is 0.227. The summed E-state index contributed by atoms with van der Waals surface area (Å²) in [4.78, 5) is 25.2. The molecule has 0 saturated heterocycles. The maximum absolute atomic E-state index is 12.0. The van der Waals surface area contributed by atoms with Crippen LogP contribution in [0.2, 0.25) is 0 Å². The molecule has 0 aromatic carbocycles. The molecule has 0 saturated carbocycles. The van der Waals surface area contributed by atoms with E-state index in [1.54, 1.807) is 18.4 Å². The average Bonchev–Trinajstić information content (AvgIpc) is 2.85.